The molecule has 2 aromatic carbocycles. The molecule has 4 heteroatoms. The van der Waals surface area contributed by atoms with Crippen molar-refractivity contribution in [2.45, 2.75) is 39.5 Å². The minimum atomic E-state index is -0.0706. The molecule has 0 spiro atoms. The summed E-state index contributed by atoms with van der Waals surface area (Å²) in [6.45, 7) is 6.53. The van der Waals surface area contributed by atoms with E-state index in [2.05, 4.69) is 41.4 Å². The molecule has 26 heavy (non-hydrogen) atoms. The van der Waals surface area contributed by atoms with Crippen molar-refractivity contribution in [2.75, 3.05) is 18.0 Å². The van der Waals surface area contributed by atoms with Crippen LogP contribution in [-0.4, -0.2) is 25.2 Å². The van der Waals surface area contributed by atoms with Crippen LogP contribution >= 0.6 is 0 Å². The highest BCUT2D eigenvalue weighted by atomic mass is 16.2. The Morgan fingerprint density at radius 1 is 1.00 bits per heavy atom. The molecular formula is C22H29N3O. The Labute approximate surface area is 156 Å². The fraction of sp³-hybridized carbons (Fsp3) is 0.364. The molecule has 2 rings (SSSR count). The van der Waals surface area contributed by atoms with E-state index >= 15 is 0 Å². The van der Waals surface area contributed by atoms with Crippen molar-refractivity contribution in [1.82, 2.24) is 5.43 Å². The van der Waals surface area contributed by atoms with Crippen LogP contribution < -0.4 is 10.3 Å². The lowest BCUT2D eigenvalue weighted by Crippen LogP contribution is -2.24. The molecule has 0 saturated heterocycles. The van der Waals surface area contributed by atoms with E-state index in [4.69, 9.17) is 0 Å². The molecule has 0 aliphatic rings. The third-order valence-corrected chi connectivity index (χ3v) is 4.13. The van der Waals surface area contributed by atoms with Gasteiger partial charge in [0.05, 0.1) is 6.21 Å². The number of rotatable bonds is 10. The van der Waals surface area contributed by atoms with Crippen LogP contribution in [0.5, 0.6) is 0 Å². The molecule has 0 bridgehead atoms. The zero-order chi connectivity index (χ0) is 18.6. The summed E-state index contributed by atoms with van der Waals surface area (Å²) in [6, 6.07) is 18.3. The van der Waals surface area contributed by atoms with Gasteiger partial charge < -0.3 is 4.90 Å². The topological polar surface area (TPSA) is 44.7 Å². The van der Waals surface area contributed by atoms with E-state index in [-0.39, 0.29) is 5.91 Å². The van der Waals surface area contributed by atoms with Gasteiger partial charge in [-0.3, -0.25) is 4.79 Å². The Morgan fingerprint density at radius 2 is 1.65 bits per heavy atom. The molecule has 2 aromatic rings. The Morgan fingerprint density at radius 3 is 2.27 bits per heavy atom. The highest BCUT2D eigenvalue weighted by Crippen LogP contribution is 2.15. The SMILES string of the molecule is CCCN(CCC)c1ccc(C=NNC(=O)CCc2ccccc2)cc1. The molecule has 0 aromatic heterocycles. The zero-order valence-electron chi connectivity index (χ0n) is 15.8. The number of amides is 1. The van der Waals surface area contributed by atoms with E-state index in [9.17, 15) is 4.79 Å². The van der Waals surface area contributed by atoms with E-state index < -0.39 is 0 Å². The first-order valence-electron chi connectivity index (χ1n) is 9.43. The number of aryl methyl sites for hydroxylation is 1. The second kappa shape index (κ2) is 11.1. The number of carbonyl (C=O) groups is 1. The molecule has 0 unspecified atom stereocenters. The van der Waals surface area contributed by atoms with Gasteiger partial charge in [0.25, 0.3) is 0 Å². The quantitative estimate of drug-likeness (QED) is 0.509. The number of hydrazone groups is 1. The monoisotopic (exact) mass is 351 g/mol. The largest absolute Gasteiger partial charge is 0.372 e. The van der Waals surface area contributed by atoms with Crippen molar-refractivity contribution in [2.24, 2.45) is 5.10 Å². The number of hydrogen-bond acceptors (Lipinski definition) is 3. The van der Waals surface area contributed by atoms with Crippen molar-refractivity contribution in [3.63, 3.8) is 0 Å². The Hall–Kier alpha value is -2.62. The summed E-state index contributed by atoms with van der Waals surface area (Å²) in [6.07, 6.45) is 5.12. The molecule has 0 radical (unpaired) electrons. The van der Waals surface area contributed by atoms with Crippen LogP contribution in [0.4, 0.5) is 5.69 Å². The van der Waals surface area contributed by atoms with Gasteiger partial charge in [-0.05, 0) is 42.5 Å². The molecule has 1 amide bonds. The number of anilines is 1. The maximum absolute atomic E-state index is 11.9. The van der Waals surface area contributed by atoms with Crippen LogP contribution in [0.1, 0.15) is 44.2 Å². The predicted molar refractivity (Wildman–Crippen MR) is 110 cm³/mol. The minimum Gasteiger partial charge on any atom is -0.372 e. The summed E-state index contributed by atoms with van der Waals surface area (Å²) >= 11 is 0. The summed E-state index contributed by atoms with van der Waals surface area (Å²) in [5, 5.41) is 4.06. The molecule has 0 heterocycles. The number of benzene rings is 2. The molecule has 0 atom stereocenters. The minimum absolute atomic E-state index is 0.0706. The van der Waals surface area contributed by atoms with Gasteiger partial charge in [-0.25, -0.2) is 5.43 Å². The highest BCUT2D eigenvalue weighted by molar-refractivity contribution is 5.83. The maximum Gasteiger partial charge on any atom is 0.240 e. The Kier molecular flexibility index (Phi) is 8.40. The van der Waals surface area contributed by atoms with Crippen molar-refractivity contribution in [3.05, 3.63) is 65.7 Å². The van der Waals surface area contributed by atoms with Gasteiger partial charge >= 0.3 is 0 Å². The lowest BCUT2D eigenvalue weighted by Gasteiger charge is -2.23. The second-order valence-corrected chi connectivity index (χ2v) is 6.36. The number of hydrogen-bond donors (Lipinski definition) is 1. The normalized spacial score (nSPS) is 10.8. The summed E-state index contributed by atoms with van der Waals surface area (Å²) in [5.41, 5.74) is 5.97. The van der Waals surface area contributed by atoms with Crippen molar-refractivity contribution < 1.29 is 4.79 Å². The highest BCUT2D eigenvalue weighted by Gasteiger charge is 2.04. The summed E-state index contributed by atoms with van der Waals surface area (Å²) < 4.78 is 0. The van der Waals surface area contributed by atoms with Crippen LogP contribution in [0.2, 0.25) is 0 Å². The van der Waals surface area contributed by atoms with Gasteiger partial charge in [-0.1, -0.05) is 56.3 Å². The van der Waals surface area contributed by atoms with Crippen molar-refractivity contribution >= 4 is 17.8 Å². The first-order chi connectivity index (χ1) is 12.7. The average Bonchev–Trinajstić information content (AvgIpc) is 2.68. The molecular weight excluding hydrogens is 322 g/mol. The van der Waals surface area contributed by atoms with E-state index in [1.54, 1.807) is 6.21 Å². The van der Waals surface area contributed by atoms with Gasteiger partial charge in [-0.2, -0.15) is 5.10 Å². The van der Waals surface area contributed by atoms with E-state index in [0.29, 0.717) is 6.42 Å². The van der Waals surface area contributed by atoms with E-state index in [1.165, 1.54) is 5.69 Å². The summed E-state index contributed by atoms with van der Waals surface area (Å²) in [4.78, 5) is 14.3. The van der Waals surface area contributed by atoms with Gasteiger partial charge in [0, 0.05) is 25.2 Å². The lowest BCUT2D eigenvalue weighted by atomic mass is 10.1. The third kappa shape index (κ3) is 6.71. The van der Waals surface area contributed by atoms with Gasteiger partial charge in [0.15, 0.2) is 0 Å². The number of nitrogens with one attached hydrogen (secondary N) is 1. The molecule has 0 saturated carbocycles. The summed E-state index contributed by atoms with van der Waals surface area (Å²) in [5.74, 6) is -0.0706. The van der Waals surface area contributed by atoms with Gasteiger partial charge in [0.2, 0.25) is 5.91 Å². The maximum atomic E-state index is 11.9. The molecule has 4 nitrogen and oxygen atoms in total. The Balaban J connectivity index is 1.81. The van der Waals surface area contributed by atoms with Crippen molar-refractivity contribution in [1.29, 1.82) is 0 Å². The predicted octanol–water partition coefficient (Wildman–Crippen LogP) is 4.40. The van der Waals surface area contributed by atoms with Gasteiger partial charge in [0.1, 0.15) is 0 Å². The number of nitrogens with zero attached hydrogens (tertiary/aromatic N) is 2. The number of carbonyl (C=O) groups excluding carboxylic acids is 1. The van der Waals surface area contributed by atoms with E-state index in [0.717, 1.165) is 43.5 Å². The average molecular weight is 351 g/mol. The zero-order valence-corrected chi connectivity index (χ0v) is 15.8. The first kappa shape index (κ1) is 19.7. The third-order valence-electron chi connectivity index (χ3n) is 4.13. The molecule has 0 fully saturated rings. The van der Waals surface area contributed by atoms with Crippen LogP contribution in [-0.2, 0) is 11.2 Å². The lowest BCUT2D eigenvalue weighted by molar-refractivity contribution is -0.121. The Bertz CT molecular complexity index is 674. The second-order valence-electron chi connectivity index (χ2n) is 6.36. The molecule has 0 aliphatic heterocycles. The van der Waals surface area contributed by atoms with Gasteiger partial charge in [-0.15, -0.1) is 0 Å². The van der Waals surface area contributed by atoms with Crippen LogP contribution in [0.3, 0.4) is 0 Å². The first-order valence-corrected chi connectivity index (χ1v) is 9.43. The smallest absolute Gasteiger partial charge is 0.240 e. The van der Waals surface area contributed by atoms with Crippen LogP contribution in [0.15, 0.2) is 59.7 Å². The fourth-order valence-corrected chi connectivity index (χ4v) is 2.82. The molecule has 1 N–H and O–H groups in total. The van der Waals surface area contributed by atoms with Crippen LogP contribution in [0.25, 0.3) is 0 Å². The molecule has 138 valence electrons. The van der Waals surface area contributed by atoms with Crippen LogP contribution in [0, 0.1) is 0 Å². The summed E-state index contributed by atoms with van der Waals surface area (Å²) in [7, 11) is 0. The fourth-order valence-electron chi connectivity index (χ4n) is 2.82. The van der Waals surface area contributed by atoms with E-state index in [1.807, 2.05) is 42.5 Å². The standard InChI is InChI=1S/C22H29N3O/c1-3-16-25(17-4-2)21-13-10-20(11-14-21)18-23-24-22(26)15-12-19-8-6-5-7-9-19/h5-11,13-14,18H,3-4,12,15-17H2,1-2H3,(H,24,26). The molecule has 0 aliphatic carbocycles. The van der Waals surface area contributed by atoms with Crippen molar-refractivity contribution in [3.8, 4) is 0 Å².